The van der Waals surface area contributed by atoms with Gasteiger partial charge in [-0.15, -0.1) is 12.4 Å². The van der Waals surface area contributed by atoms with E-state index in [1.807, 2.05) is 30.3 Å². The molecule has 1 unspecified atom stereocenters. The van der Waals surface area contributed by atoms with E-state index in [0.717, 1.165) is 5.56 Å². The van der Waals surface area contributed by atoms with Crippen LogP contribution in [0.15, 0.2) is 30.3 Å². The summed E-state index contributed by atoms with van der Waals surface area (Å²) in [6, 6.07) is 9.87. The highest BCUT2D eigenvalue weighted by Crippen LogP contribution is 2.18. The Labute approximate surface area is 97.2 Å². The zero-order valence-electron chi connectivity index (χ0n) is 6.83. The third-order valence-corrected chi connectivity index (χ3v) is 2.41. The van der Waals surface area contributed by atoms with E-state index in [1.165, 1.54) is 0 Å². The third-order valence-electron chi connectivity index (χ3n) is 1.37. The summed E-state index contributed by atoms with van der Waals surface area (Å²) in [6.07, 6.45) is 0. The van der Waals surface area contributed by atoms with Crippen molar-refractivity contribution in [2.45, 2.75) is 4.05 Å². The van der Waals surface area contributed by atoms with Crippen molar-refractivity contribution in [1.29, 1.82) is 5.41 Å². The molecule has 4 N–H and O–H groups in total. The van der Waals surface area contributed by atoms with Crippen LogP contribution in [-0.2, 0) is 0 Å². The Hall–Kier alpha value is -0.490. The summed E-state index contributed by atoms with van der Waals surface area (Å²) in [4.78, 5) is 0. The number of hydrogen-bond donors (Lipinski definition) is 3. The minimum atomic E-state index is -0.00162. The zero-order valence-corrected chi connectivity index (χ0v) is 9.80. The molecule has 0 aromatic heterocycles. The fourth-order valence-corrected chi connectivity index (χ4v) is 1.59. The second-order valence-corrected chi connectivity index (χ2v) is 3.58. The van der Waals surface area contributed by atoms with Crippen molar-refractivity contribution < 1.29 is 0 Å². The molecule has 1 atom stereocenters. The lowest BCUT2D eigenvalue weighted by atomic mass is 10.2. The van der Waals surface area contributed by atoms with E-state index in [1.54, 1.807) is 0 Å². The van der Waals surface area contributed by atoms with Crippen LogP contribution >= 0.6 is 35.0 Å². The first-order valence-electron chi connectivity index (χ1n) is 3.49. The maximum atomic E-state index is 7.04. The maximum Gasteiger partial charge on any atom is 0.186 e. The van der Waals surface area contributed by atoms with Crippen molar-refractivity contribution in [2.75, 3.05) is 0 Å². The molecule has 1 aromatic carbocycles. The van der Waals surface area contributed by atoms with Gasteiger partial charge in [0.05, 0.1) is 0 Å². The fraction of sp³-hybridized carbons (Fsp3) is 0.125. The number of guanidine groups is 1. The number of halogens is 2. The van der Waals surface area contributed by atoms with E-state index in [-0.39, 0.29) is 22.4 Å². The van der Waals surface area contributed by atoms with Gasteiger partial charge in [-0.05, 0) is 5.56 Å². The second-order valence-electron chi connectivity index (χ2n) is 2.33. The molecule has 72 valence electrons. The molecule has 0 amide bonds. The molecule has 3 nitrogen and oxygen atoms in total. The lowest BCUT2D eigenvalue weighted by Crippen LogP contribution is -2.31. The van der Waals surface area contributed by atoms with Crippen LogP contribution in [0.4, 0.5) is 0 Å². The van der Waals surface area contributed by atoms with Gasteiger partial charge < -0.3 is 11.1 Å². The molecular weight excluding hydrogens is 300 g/mol. The van der Waals surface area contributed by atoms with Gasteiger partial charge in [-0.3, -0.25) is 5.41 Å². The number of nitrogens with two attached hydrogens (primary N) is 1. The normalized spacial score (nSPS) is 11.2. The van der Waals surface area contributed by atoms with Crippen LogP contribution in [0, 0.1) is 5.41 Å². The summed E-state index contributed by atoms with van der Waals surface area (Å²) < 4.78 is 0.0706. The molecular formula is C8H11ClIN3. The first kappa shape index (κ1) is 12.5. The summed E-state index contributed by atoms with van der Waals surface area (Å²) in [5, 5.41) is 9.84. The van der Waals surface area contributed by atoms with Gasteiger partial charge in [0.1, 0.15) is 4.05 Å². The van der Waals surface area contributed by atoms with E-state index in [2.05, 4.69) is 27.9 Å². The number of rotatable bonds is 2. The lowest BCUT2D eigenvalue weighted by Gasteiger charge is -2.11. The lowest BCUT2D eigenvalue weighted by molar-refractivity contribution is 0.903. The molecule has 0 bridgehead atoms. The molecule has 0 radical (unpaired) electrons. The Morgan fingerprint density at radius 2 is 1.92 bits per heavy atom. The van der Waals surface area contributed by atoms with E-state index in [4.69, 9.17) is 11.1 Å². The van der Waals surface area contributed by atoms with Crippen molar-refractivity contribution in [3.05, 3.63) is 35.9 Å². The Morgan fingerprint density at radius 3 is 2.38 bits per heavy atom. The van der Waals surface area contributed by atoms with E-state index in [0.29, 0.717) is 0 Å². The molecule has 1 rings (SSSR count). The standard InChI is InChI=1S/C8H10IN3.ClH/c9-7(12-8(10)11)6-4-2-1-3-5-6;/h1-5,7H,(H4,10,11,12);1H. The van der Waals surface area contributed by atoms with Gasteiger partial charge in [0.25, 0.3) is 0 Å². The summed E-state index contributed by atoms with van der Waals surface area (Å²) in [7, 11) is 0. The van der Waals surface area contributed by atoms with Crippen molar-refractivity contribution in [3.8, 4) is 0 Å². The van der Waals surface area contributed by atoms with Crippen LogP contribution in [0.2, 0.25) is 0 Å². The molecule has 0 spiro atoms. The van der Waals surface area contributed by atoms with Gasteiger partial charge in [0.15, 0.2) is 5.96 Å². The molecule has 0 saturated heterocycles. The minimum absolute atomic E-state index is 0. The van der Waals surface area contributed by atoms with Gasteiger partial charge >= 0.3 is 0 Å². The predicted molar refractivity (Wildman–Crippen MR) is 65.5 cm³/mol. The van der Waals surface area contributed by atoms with Crippen molar-refractivity contribution in [3.63, 3.8) is 0 Å². The van der Waals surface area contributed by atoms with Crippen molar-refractivity contribution in [2.24, 2.45) is 5.73 Å². The quantitative estimate of drug-likeness (QED) is 0.257. The van der Waals surface area contributed by atoms with Crippen molar-refractivity contribution >= 4 is 41.0 Å². The van der Waals surface area contributed by atoms with Gasteiger partial charge in [-0.2, -0.15) is 0 Å². The molecule has 0 heterocycles. The van der Waals surface area contributed by atoms with Crippen LogP contribution < -0.4 is 11.1 Å². The molecule has 0 saturated carbocycles. The predicted octanol–water partition coefficient (Wildman–Crippen LogP) is 2.03. The molecule has 0 fully saturated rings. The second kappa shape index (κ2) is 6.04. The van der Waals surface area contributed by atoms with Crippen LogP contribution in [0.3, 0.4) is 0 Å². The maximum absolute atomic E-state index is 7.04. The Bertz CT molecular complexity index is 265. The topological polar surface area (TPSA) is 61.9 Å². The Balaban J connectivity index is 0.00000144. The average Bonchev–Trinajstić information content (AvgIpc) is 2.05. The molecule has 0 aliphatic carbocycles. The average molecular weight is 312 g/mol. The molecule has 0 aliphatic rings. The number of alkyl halides is 1. The highest BCUT2D eigenvalue weighted by Gasteiger charge is 2.04. The number of benzene rings is 1. The van der Waals surface area contributed by atoms with Crippen LogP contribution in [0.25, 0.3) is 0 Å². The zero-order chi connectivity index (χ0) is 8.97. The minimum Gasteiger partial charge on any atom is -0.370 e. The van der Waals surface area contributed by atoms with Gasteiger partial charge in [0.2, 0.25) is 0 Å². The highest BCUT2D eigenvalue weighted by molar-refractivity contribution is 14.1. The Morgan fingerprint density at radius 1 is 1.38 bits per heavy atom. The number of nitrogens with one attached hydrogen (secondary N) is 2. The molecule has 5 heteroatoms. The SMILES string of the molecule is Cl.N=C(N)NC(I)c1ccccc1. The summed E-state index contributed by atoms with van der Waals surface area (Å²) in [6.45, 7) is 0. The highest BCUT2D eigenvalue weighted by atomic mass is 127. The van der Waals surface area contributed by atoms with Gasteiger partial charge in [0, 0.05) is 0 Å². The third kappa shape index (κ3) is 4.33. The Kier molecular flexibility index (Phi) is 5.81. The fourth-order valence-electron chi connectivity index (χ4n) is 0.842. The first-order chi connectivity index (χ1) is 5.70. The smallest absolute Gasteiger partial charge is 0.186 e. The van der Waals surface area contributed by atoms with Crippen molar-refractivity contribution in [1.82, 2.24) is 5.32 Å². The summed E-state index contributed by atoms with van der Waals surface area (Å²) >= 11 is 2.19. The van der Waals surface area contributed by atoms with Crippen LogP contribution in [0.5, 0.6) is 0 Å². The monoisotopic (exact) mass is 311 g/mol. The van der Waals surface area contributed by atoms with E-state index < -0.39 is 0 Å². The van der Waals surface area contributed by atoms with E-state index in [9.17, 15) is 0 Å². The van der Waals surface area contributed by atoms with Gasteiger partial charge in [-0.1, -0.05) is 52.9 Å². The van der Waals surface area contributed by atoms with Crippen LogP contribution in [-0.4, -0.2) is 5.96 Å². The van der Waals surface area contributed by atoms with Crippen LogP contribution in [0.1, 0.15) is 9.61 Å². The molecule has 13 heavy (non-hydrogen) atoms. The molecule has 0 aliphatic heterocycles. The molecule has 1 aromatic rings. The largest absolute Gasteiger partial charge is 0.370 e. The van der Waals surface area contributed by atoms with Gasteiger partial charge in [-0.25, -0.2) is 0 Å². The number of hydrogen-bond acceptors (Lipinski definition) is 1. The summed E-state index contributed by atoms with van der Waals surface area (Å²) in [5.41, 5.74) is 6.32. The first-order valence-corrected chi connectivity index (χ1v) is 4.74. The summed E-state index contributed by atoms with van der Waals surface area (Å²) in [5.74, 6) is -0.00162. The van der Waals surface area contributed by atoms with E-state index >= 15 is 0 Å².